The molecule has 0 spiro atoms. The molecule has 1 N–H and O–H groups in total. The summed E-state index contributed by atoms with van der Waals surface area (Å²) < 4.78 is 13.4. The van der Waals surface area contributed by atoms with Crippen LogP contribution in [0.15, 0.2) is 72.8 Å². The van der Waals surface area contributed by atoms with Crippen LogP contribution in [0.4, 0.5) is 20.7 Å². The maximum Gasteiger partial charge on any atom is 0.322 e. The highest BCUT2D eigenvalue weighted by molar-refractivity contribution is 6.31. The molecule has 180 valence electrons. The molecular weight excluding hydrogens is 488 g/mol. The Morgan fingerprint density at radius 3 is 2.43 bits per heavy atom. The van der Waals surface area contributed by atoms with Gasteiger partial charge in [0.15, 0.2) is 5.82 Å². The molecule has 4 aromatic rings. The quantitative estimate of drug-likeness (QED) is 0.352. The Morgan fingerprint density at radius 1 is 1.00 bits per heavy atom. The van der Waals surface area contributed by atoms with E-state index in [1.54, 1.807) is 4.90 Å². The van der Waals surface area contributed by atoms with Gasteiger partial charge in [0.25, 0.3) is 0 Å². The number of amides is 2. The van der Waals surface area contributed by atoms with Crippen LogP contribution >= 0.6 is 24.0 Å². The van der Waals surface area contributed by atoms with Gasteiger partial charge in [-0.2, -0.15) is 0 Å². The van der Waals surface area contributed by atoms with E-state index in [1.807, 2.05) is 49.4 Å². The zero-order valence-electron chi connectivity index (χ0n) is 19.0. The number of hydrogen-bond donors (Lipinski definition) is 1. The fourth-order valence-electron chi connectivity index (χ4n) is 4.35. The summed E-state index contributed by atoms with van der Waals surface area (Å²) in [6, 6.07) is 22.0. The molecule has 0 aliphatic carbocycles. The van der Waals surface area contributed by atoms with Crippen LogP contribution in [0.25, 0.3) is 22.0 Å². The number of urea groups is 1. The molecular formula is C26H24Cl2FN5O. The number of rotatable bonds is 3. The minimum Gasteiger partial charge on any atom is -0.351 e. The minimum absolute atomic E-state index is 0. The van der Waals surface area contributed by atoms with Crippen molar-refractivity contribution < 1.29 is 9.18 Å². The van der Waals surface area contributed by atoms with Crippen molar-refractivity contribution in [1.29, 1.82) is 0 Å². The Balaban J connectivity index is 0.00000289. The monoisotopic (exact) mass is 511 g/mol. The second kappa shape index (κ2) is 10.5. The predicted octanol–water partition coefficient (Wildman–Crippen LogP) is 6.25. The maximum absolute atomic E-state index is 13.4. The van der Waals surface area contributed by atoms with Gasteiger partial charge in [-0.15, -0.1) is 22.6 Å². The van der Waals surface area contributed by atoms with Crippen molar-refractivity contribution in [2.45, 2.75) is 13.0 Å². The van der Waals surface area contributed by atoms with E-state index in [-0.39, 0.29) is 29.5 Å². The average Bonchev–Trinajstić information content (AvgIpc) is 2.86. The van der Waals surface area contributed by atoms with Crippen molar-refractivity contribution in [2.24, 2.45) is 0 Å². The third kappa shape index (κ3) is 5.01. The topological polar surface area (TPSA) is 61.4 Å². The van der Waals surface area contributed by atoms with Gasteiger partial charge in [0.1, 0.15) is 11.5 Å². The van der Waals surface area contributed by atoms with Crippen molar-refractivity contribution >= 4 is 52.3 Å². The van der Waals surface area contributed by atoms with Gasteiger partial charge in [-0.3, -0.25) is 0 Å². The number of piperazine rings is 1. The largest absolute Gasteiger partial charge is 0.351 e. The van der Waals surface area contributed by atoms with Gasteiger partial charge in [-0.25, -0.2) is 9.18 Å². The molecule has 1 aromatic heterocycles. The van der Waals surface area contributed by atoms with Crippen LogP contribution in [0.5, 0.6) is 0 Å². The molecule has 6 nitrogen and oxygen atoms in total. The van der Waals surface area contributed by atoms with E-state index in [2.05, 4.69) is 32.5 Å². The Morgan fingerprint density at radius 2 is 1.71 bits per heavy atom. The van der Waals surface area contributed by atoms with Crippen LogP contribution in [0.2, 0.25) is 5.02 Å². The van der Waals surface area contributed by atoms with Crippen molar-refractivity contribution in [3.8, 4) is 11.3 Å². The standard InChI is InChI=1S/C26H23ClFN5O.ClH/c1-17-16-32(13-14-33(17)26(34)29-19-11-12-23(28)22(27)15-19)25-21-10-6-5-9-20(21)24(30-31-25)18-7-3-2-4-8-18;/h2-12,15,17H,13-14,16H2,1H3,(H,29,34);1H. The number of carbonyl (C=O) groups is 1. The summed E-state index contributed by atoms with van der Waals surface area (Å²) in [4.78, 5) is 16.8. The summed E-state index contributed by atoms with van der Waals surface area (Å²) in [5.41, 5.74) is 2.33. The number of fused-ring (bicyclic) bond motifs is 1. The van der Waals surface area contributed by atoms with Gasteiger partial charge >= 0.3 is 6.03 Å². The molecule has 1 atom stereocenters. The lowest BCUT2D eigenvalue weighted by molar-refractivity contribution is 0.184. The molecule has 5 rings (SSSR count). The number of hydrogen-bond acceptors (Lipinski definition) is 4. The zero-order valence-corrected chi connectivity index (χ0v) is 20.6. The van der Waals surface area contributed by atoms with Crippen molar-refractivity contribution in [3.05, 3.63) is 83.6 Å². The van der Waals surface area contributed by atoms with Crippen LogP contribution < -0.4 is 10.2 Å². The van der Waals surface area contributed by atoms with E-state index in [4.69, 9.17) is 11.6 Å². The van der Waals surface area contributed by atoms with Gasteiger partial charge in [0.05, 0.1) is 5.02 Å². The van der Waals surface area contributed by atoms with E-state index >= 15 is 0 Å². The number of aromatic nitrogens is 2. The number of anilines is 2. The summed E-state index contributed by atoms with van der Waals surface area (Å²) in [6.45, 7) is 3.74. The van der Waals surface area contributed by atoms with Crippen molar-refractivity contribution in [1.82, 2.24) is 15.1 Å². The number of nitrogens with zero attached hydrogens (tertiary/aromatic N) is 4. The van der Waals surface area contributed by atoms with E-state index < -0.39 is 5.82 Å². The molecule has 1 fully saturated rings. The first kappa shape index (κ1) is 24.7. The van der Waals surface area contributed by atoms with Crippen LogP contribution in [-0.4, -0.2) is 46.8 Å². The van der Waals surface area contributed by atoms with Crippen LogP contribution in [-0.2, 0) is 0 Å². The first-order valence-electron chi connectivity index (χ1n) is 11.1. The first-order chi connectivity index (χ1) is 16.5. The normalized spacial score (nSPS) is 15.6. The number of benzene rings is 3. The molecule has 9 heteroatoms. The fourth-order valence-corrected chi connectivity index (χ4v) is 4.53. The highest BCUT2D eigenvalue weighted by atomic mass is 35.5. The molecule has 0 bridgehead atoms. The highest BCUT2D eigenvalue weighted by Crippen LogP contribution is 2.32. The molecule has 1 saturated heterocycles. The molecule has 1 aliphatic heterocycles. The third-order valence-corrected chi connectivity index (χ3v) is 6.36. The average molecular weight is 512 g/mol. The van der Waals surface area contributed by atoms with Crippen LogP contribution in [0, 0.1) is 5.82 Å². The smallest absolute Gasteiger partial charge is 0.322 e. The van der Waals surface area contributed by atoms with Crippen molar-refractivity contribution in [3.63, 3.8) is 0 Å². The van der Waals surface area contributed by atoms with E-state index in [0.717, 1.165) is 27.8 Å². The molecule has 3 aromatic carbocycles. The lowest BCUT2D eigenvalue weighted by Gasteiger charge is -2.40. The predicted molar refractivity (Wildman–Crippen MR) is 141 cm³/mol. The van der Waals surface area contributed by atoms with Gasteiger partial charge in [0, 0.05) is 47.7 Å². The summed E-state index contributed by atoms with van der Waals surface area (Å²) in [6.07, 6.45) is 0. The highest BCUT2D eigenvalue weighted by Gasteiger charge is 2.29. The first-order valence-corrected chi connectivity index (χ1v) is 11.5. The molecule has 2 amide bonds. The number of nitrogens with one attached hydrogen (secondary N) is 1. The van der Waals surface area contributed by atoms with Gasteiger partial charge < -0.3 is 15.1 Å². The Labute approximate surface area is 214 Å². The molecule has 2 heterocycles. The molecule has 0 radical (unpaired) electrons. The third-order valence-electron chi connectivity index (χ3n) is 6.07. The van der Waals surface area contributed by atoms with Gasteiger partial charge in [-0.1, -0.05) is 66.2 Å². The van der Waals surface area contributed by atoms with Crippen LogP contribution in [0.3, 0.4) is 0 Å². The summed E-state index contributed by atoms with van der Waals surface area (Å²) in [7, 11) is 0. The summed E-state index contributed by atoms with van der Waals surface area (Å²) in [5, 5.41) is 14.0. The Hall–Kier alpha value is -3.42. The SMILES string of the molecule is CC1CN(c2nnc(-c3ccccc3)c3ccccc23)CCN1C(=O)Nc1ccc(F)c(Cl)c1.Cl. The van der Waals surface area contributed by atoms with Crippen LogP contribution in [0.1, 0.15) is 6.92 Å². The molecule has 1 unspecified atom stereocenters. The second-order valence-corrected chi connectivity index (χ2v) is 8.74. The zero-order chi connectivity index (χ0) is 23.7. The number of halogens is 3. The maximum atomic E-state index is 13.4. The summed E-state index contributed by atoms with van der Waals surface area (Å²) >= 11 is 5.84. The van der Waals surface area contributed by atoms with E-state index in [0.29, 0.717) is 25.3 Å². The Kier molecular flexibility index (Phi) is 7.38. The molecule has 0 saturated carbocycles. The Bertz CT molecular complexity index is 1350. The second-order valence-electron chi connectivity index (χ2n) is 8.33. The molecule has 35 heavy (non-hydrogen) atoms. The lowest BCUT2D eigenvalue weighted by atomic mass is 10.0. The minimum atomic E-state index is -0.520. The lowest BCUT2D eigenvalue weighted by Crippen LogP contribution is -2.55. The van der Waals surface area contributed by atoms with Crippen molar-refractivity contribution in [2.75, 3.05) is 29.9 Å². The van der Waals surface area contributed by atoms with E-state index in [1.165, 1.54) is 18.2 Å². The number of carbonyl (C=O) groups excluding carboxylic acids is 1. The molecule has 1 aliphatic rings. The van der Waals surface area contributed by atoms with Gasteiger partial charge in [0.2, 0.25) is 0 Å². The summed E-state index contributed by atoms with van der Waals surface area (Å²) in [5.74, 6) is 0.292. The van der Waals surface area contributed by atoms with E-state index in [9.17, 15) is 9.18 Å². The fraction of sp³-hybridized carbons (Fsp3) is 0.192. The van der Waals surface area contributed by atoms with Gasteiger partial charge in [-0.05, 0) is 25.1 Å².